The number of rotatable bonds is 5. The third-order valence-corrected chi connectivity index (χ3v) is 2.83. The van der Waals surface area contributed by atoms with E-state index in [9.17, 15) is 9.59 Å². The van der Waals surface area contributed by atoms with Crippen LogP contribution in [0.2, 0.25) is 0 Å². The van der Waals surface area contributed by atoms with Crippen LogP contribution in [0.5, 0.6) is 0 Å². The van der Waals surface area contributed by atoms with Crippen LogP contribution >= 0.6 is 0 Å². The maximum Gasteiger partial charge on any atom is 0.328 e. The first-order valence-electron chi connectivity index (χ1n) is 5.70. The molecule has 1 unspecified atom stereocenters. The second-order valence-electron chi connectivity index (χ2n) is 3.95. The number of aldehydes is 1. The zero-order chi connectivity index (χ0) is 14.0. The van der Waals surface area contributed by atoms with Crippen molar-refractivity contribution in [3.63, 3.8) is 0 Å². The molecular weight excluding hydrogens is 250 g/mol. The highest BCUT2D eigenvalue weighted by Crippen LogP contribution is 2.29. The summed E-state index contributed by atoms with van der Waals surface area (Å²) >= 11 is 0. The largest absolute Gasteiger partial charge is 0.480 e. The van der Waals surface area contributed by atoms with E-state index >= 15 is 0 Å². The summed E-state index contributed by atoms with van der Waals surface area (Å²) in [6, 6.07) is 2.36. The summed E-state index contributed by atoms with van der Waals surface area (Å²) in [5.41, 5.74) is 6.18. The van der Waals surface area contributed by atoms with Crippen LogP contribution in [0.4, 0.5) is 5.82 Å². The van der Waals surface area contributed by atoms with Crippen LogP contribution in [0.15, 0.2) is 22.8 Å². The first-order valence-corrected chi connectivity index (χ1v) is 5.70. The number of nitrogens with two attached hydrogens (primary N) is 1. The fraction of sp³-hybridized carbons (Fsp3) is 0.250. The number of aromatic nitrogens is 2. The van der Waals surface area contributed by atoms with Crippen molar-refractivity contribution in [3.8, 4) is 11.5 Å². The first-order chi connectivity index (χ1) is 9.10. The van der Waals surface area contributed by atoms with Crippen molar-refractivity contribution in [2.24, 2.45) is 0 Å². The van der Waals surface area contributed by atoms with Gasteiger partial charge in [-0.2, -0.15) is 5.10 Å². The van der Waals surface area contributed by atoms with Gasteiger partial charge in [-0.05, 0) is 18.6 Å². The Labute approximate surface area is 108 Å². The lowest BCUT2D eigenvalue weighted by molar-refractivity contribution is -0.141. The highest BCUT2D eigenvalue weighted by Gasteiger charge is 2.26. The Balaban J connectivity index is 2.59. The molecule has 0 bridgehead atoms. The number of furan rings is 1. The van der Waals surface area contributed by atoms with Crippen LogP contribution in [0.1, 0.15) is 29.7 Å². The fourth-order valence-corrected chi connectivity index (χ4v) is 1.86. The predicted molar refractivity (Wildman–Crippen MR) is 66.7 cm³/mol. The number of carbonyl (C=O) groups excluding carboxylic acids is 1. The van der Waals surface area contributed by atoms with E-state index < -0.39 is 12.0 Å². The molecule has 7 heteroatoms. The number of carboxylic acid groups (broad SMARTS) is 1. The maximum absolute atomic E-state index is 11.2. The molecule has 1 atom stereocenters. The van der Waals surface area contributed by atoms with Gasteiger partial charge in [-0.1, -0.05) is 6.92 Å². The van der Waals surface area contributed by atoms with Crippen molar-refractivity contribution < 1.29 is 19.1 Å². The molecule has 0 aliphatic rings. The Bertz CT molecular complexity index is 601. The molecule has 0 spiro atoms. The lowest BCUT2D eigenvalue weighted by Crippen LogP contribution is -2.21. The molecule has 2 heterocycles. The third kappa shape index (κ3) is 2.10. The molecular formula is C12H13N3O4. The smallest absolute Gasteiger partial charge is 0.328 e. The van der Waals surface area contributed by atoms with Gasteiger partial charge in [-0.25, -0.2) is 9.48 Å². The van der Waals surface area contributed by atoms with Crippen molar-refractivity contribution in [1.29, 1.82) is 0 Å². The highest BCUT2D eigenvalue weighted by atomic mass is 16.4. The van der Waals surface area contributed by atoms with Gasteiger partial charge in [0.25, 0.3) is 0 Å². The standard InChI is InChI=1S/C12H13N3O4/c1-2-8(12(17)18)15-11(13)7(6-16)10(14-15)9-4-3-5-19-9/h3-6,8H,2,13H2,1H3,(H,17,18). The van der Waals surface area contributed by atoms with Gasteiger partial charge in [0.2, 0.25) is 0 Å². The molecule has 2 aromatic heterocycles. The van der Waals surface area contributed by atoms with Gasteiger partial charge in [0.1, 0.15) is 11.5 Å². The van der Waals surface area contributed by atoms with E-state index in [0.29, 0.717) is 18.5 Å². The van der Waals surface area contributed by atoms with Crippen molar-refractivity contribution in [1.82, 2.24) is 9.78 Å². The summed E-state index contributed by atoms with van der Waals surface area (Å²) in [6.45, 7) is 1.70. The molecule has 0 fully saturated rings. The Hall–Kier alpha value is -2.57. The van der Waals surface area contributed by atoms with E-state index in [0.717, 1.165) is 4.68 Å². The monoisotopic (exact) mass is 263 g/mol. The first kappa shape index (κ1) is 12.9. The zero-order valence-electron chi connectivity index (χ0n) is 10.2. The van der Waals surface area contributed by atoms with Crippen molar-refractivity contribution in [2.75, 3.05) is 5.73 Å². The minimum atomic E-state index is -1.06. The molecule has 0 saturated carbocycles. The molecule has 7 nitrogen and oxygen atoms in total. The van der Waals surface area contributed by atoms with Crippen LogP contribution in [0.25, 0.3) is 11.5 Å². The summed E-state index contributed by atoms with van der Waals surface area (Å²) in [5.74, 6) is -0.663. The van der Waals surface area contributed by atoms with Crippen molar-refractivity contribution in [2.45, 2.75) is 19.4 Å². The highest BCUT2D eigenvalue weighted by molar-refractivity contribution is 5.91. The van der Waals surface area contributed by atoms with E-state index in [4.69, 9.17) is 15.3 Å². The van der Waals surface area contributed by atoms with Crippen molar-refractivity contribution >= 4 is 18.1 Å². The molecule has 100 valence electrons. The number of nitrogens with zero attached hydrogens (tertiary/aromatic N) is 2. The van der Waals surface area contributed by atoms with Crippen LogP contribution in [0, 0.1) is 0 Å². The normalized spacial score (nSPS) is 12.3. The Morgan fingerprint density at radius 3 is 2.89 bits per heavy atom. The zero-order valence-corrected chi connectivity index (χ0v) is 10.2. The van der Waals surface area contributed by atoms with Gasteiger partial charge in [0, 0.05) is 0 Å². The second kappa shape index (κ2) is 4.97. The third-order valence-electron chi connectivity index (χ3n) is 2.83. The second-order valence-corrected chi connectivity index (χ2v) is 3.95. The van der Waals surface area contributed by atoms with Gasteiger partial charge in [-0.3, -0.25) is 4.79 Å². The molecule has 0 aliphatic carbocycles. The van der Waals surface area contributed by atoms with E-state index in [1.54, 1.807) is 19.1 Å². The number of carbonyl (C=O) groups is 2. The molecule has 0 aromatic carbocycles. The van der Waals surface area contributed by atoms with Gasteiger partial charge in [0.05, 0.1) is 11.8 Å². The van der Waals surface area contributed by atoms with Crippen LogP contribution in [0.3, 0.4) is 0 Å². The predicted octanol–water partition coefficient (Wildman–Crippen LogP) is 1.57. The van der Waals surface area contributed by atoms with E-state index in [-0.39, 0.29) is 17.1 Å². The number of hydrogen-bond donors (Lipinski definition) is 2. The summed E-state index contributed by atoms with van der Waals surface area (Å²) in [7, 11) is 0. The van der Waals surface area contributed by atoms with Gasteiger partial charge in [-0.15, -0.1) is 0 Å². The minimum absolute atomic E-state index is 0.0238. The van der Waals surface area contributed by atoms with E-state index in [1.165, 1.54) is 6.26 Å². The summed E-state index contributed by atoms with van der Waals surface area (Å²) < 4.78 is 6.31. The average Bonchev–Trinajstić information content (AvgIpc) is 2.98. The summed E-state index contributed by atoms with van der Waals surface area (Å²) in [5, 5.41) is 13.2. The van der Waals surface area contributed by atoms with Crippen LogP contribution in [-0.2, 0) is 4.79 Å². The fourth-order valence-electron chi connectivity index (χ4n) is 1.86. The molecule has 19 heavy (non-hydrogen) atoms. The quantitative estimate of drug-likeness (QED) is 0.792. The van der Waals surface area contributed by atoms with E-state index in [2.05, 4.69) is 5.10 Å². The Morgan fingerprint density at radius 2 is 2.42 bits per heavy atom. The SMILES string of the molecule is CCC(C(=O)O)n1nc(-c2ccco2)c(C=O)c1N. The molecule has 0 amide bonds. The molecule has 2 rings (SSSR count). The maximum atomic E-state index is 11.2. The van der Waals surface area contributed by atoms with Crippen LogP contribution < -0.4 is 5.73 Å². The Kier molecular flexibility index (Phi) is 3.37. The molecule has 3 N–H and O–H groups in total. The van der Waals surface area contributed by atoms with Gasteiger partial charge in [0.15, 0.2) is 18.1 Å². The number of carboxylic acids is 1. The molecule has 2 aromatic rings. The minimum Gasteiger partial charge on any atom is -0.480 e. The Morgan fingerprint density at radius 1 is 1.68 bits per heavy atom. The van der Waals surface area contributed by atoms with Crippen molar-refractivity contribution in [3.05, 3.63) is 24.0 Å². The topological polar surface area (TPSA) is 111 Å². The molecule has 0 radical (unpaired) electrons. The summed E-state index contributed by atoms with van der Waals surface area (Å²) in [6.07, 6.45) is 2.29. The molecule has 0 saturated heterocycles. The van der Waals surface area contributed by atoms with Gasteiger partial charge >= 0.3 is 5.97 Å². The lowest BCUT2D eigenvalue weighted by Gasteiger charge is -2.11. The number of hydrogen-bond acceptors (Lipinski definition) is 5. The molecule has 0 aliphatic heterocycles. The van der Waals surface area contributed by atoms with Crippen LogP contribution in [-0.4, -0.2) is 27.1 Å². The number of aliphatic carboxylic acids is 1. The lowest BCUT2D eigenvalue weighted by atomic mass is 10.2. The number of nitrogen functional groups attached to an aromatic ring is 1. The summed E-state index contributed by atoms with van der Waals surface area (Å²) in [4.78, 5) is 22.3. The van der Waals surface area contributed by atoms with Gasteiger partial charge < -0.3 is 15.3 Å². The average molecular weight is 263 g/mol. The number of anilines is 1. The van der Waals surface area contributed by atoms with E-state index in [1.807, 2.05) is 0 Å².